The van der Waals surface area contributed by atoms with Gasteiger partial charge in [-0.25, -0.2) is 9.59 Å². The van der Waals surface area contributed by atoms with Crippen molar-refractivity contribution in [3.8, 4) is 22.6 Å². The van der Waals surface area contributed by atoms with Crippen LogP contribution in [-0.4, -0.2) is 78.8 Å². The van der Waals surface area contributed by atoms with Crippen LogP contribution in [0.3, 0.4) is 0 Å². The molecule has 2 aliphatic heterocycles. The lowest BCUT2D eigenvalue weighted by Crippen LogP contribution is -2.42. The van der Waals surface area contributed by atoms with E-state index >= 15 is 0 Å². The van der Waals surface area contributed by atoms with E-state index in [0.29, 0.717) is 51.0 Å². The fraction of sp³-hybridized carbons (Fsp3) is 0.388. The van der Waals surface area contributed by atoms with Gasteiger partial charge in [0.2, 0.25) is 5.82 Å². The Balaban J connectivity index is 0.000000155. The van der Waals surface area contributed by atoms with Crippen molar-refractivity contribution in [3.05, 3.63) is 250 Å². The SMILES string of the molecule is C.NCc1ccc(-c2nncc3c2CCCCCC3)cc1.NCc1ccc(-c2nncnn2)cc1.NCc1ccc(C2=NN=CC3CCCCCC(OC(=O)NCc4ccccc4)C23)cc1.NCc1ccc(C2=NN=CC3CCCCCC=C23)cc1.O=C(NCc1ccccc1)OC1/C=C/CCCCC1. The average Bonchev–Trinajstić information content (AvgIpc) is 0.794. The Morgan fingerprint density at radius 2 is 0.990 bits per heavy atom. The number of nitrogens with two attached hydrogens (primary N) is 4. The summed E-state index contributed by atoms with van der Waals surface area (Å²) in [6, 6.07) is 52.3. The van der Waals surface area contributed by atoms with E-state index in [4.69, 9.17) is 32.4 Å². The van der Waals surface area contributed by atoms with Crippen LogP contribution in [0.15, 0.2) is 214 Å². The lowest BCUT2D eigenvalue weighted by atomic mass is 9.75. The quantitative estimate of drug-likeness (QED) is 0.0552. The molecule has 550 valence electrons. The molecular formula is C85H106N16O4. The first-order chi connectivity index (χ1) is 51.2. The topological polar surface area (TPSA) is 308 Å². The summed E-state index contributed by atoms with van der Waals surface area (Å²) in [5.74, 6) is 1.19. The summed E-state index contributed by atoms with van der Waals surface area (Å²) < 4.78 is 11.4. The number of benzene rings is 6. The number of alkyl carbamates (subject to hydrolysis) is 2. The van der Waals surface area contributed by atoms with Gasteiger partial charge >= 0.3 is 12.2 Å². The van der Waals surface area contributed by atoms with Gasteiger partial charge in [0.1, 0.15) is 12.2 Å². The number of amides is 2. The van der Waals surface area contributed by atoms with Crippen LogP contribution in [0.2, 0.25) is 0 Å². The van der Waals surface area contributed by atoms with Crippen molar-refractivity contribution in [2.75, 3.05) is 0 Å². The van der Waals surface area contributed by atoms with Crippen LogP contribution in [0, 0.1) is 17.8 Å². The average molecular weight is 1420 g/mol. The number of rotatable bonds is 14. The molecule has 0 bridgehead atoms. The van der Waals surface area contributed by atoms with Crippen molar-refractivity contribution in [1.29, 1.82) is 0 Å². The van der Waals surface area contributed by atoms with Gasteiger partial charge in [-0.15, -0.1) is 20.4 Å². The van der Waals surface area contributed by atoms with Crippen molar-refractivity contribution in [3.63, 3.8) is 0 Å². The van der Waals surface area contributed by atoms with Gasteiger partial charge in [-0.3, -0.25) is 0 Å². The molecule has 5 unspecified atom stereocenters. The summed E-state index contributed by atoms with van der Waals surface area (Å²) in [6.07, 6.45) is 37.1. The van der Waals surface area contributed by atoms with Gasteiger partial charge in [-0.1, -0.05) is 222 Å². The first kappa shape index (κ1) is 79.0. The van der Waals surface area contributed by atoms with Gasteiger partial charge in [-0.05, 0) is 152 Å². The van der Waals surface area contributed by atoms with Crippen molar-refractivity contribution in [2.45, 2.75) is 194 Å². The molecule has 0 saturated heterocycles. The minimum absolute atomic E-state index is 0. The number of nitrogens with one attached hydrogen (secondary N) is 2. The van der Waals surface area contributed by atoms with Gasteiger partial charge in [0.25, 0.3) is 0 Å². The lowest BCUT2D eigenvalue weighted by Gasteiger charge is -2.35. The number of aromatic nitrogens is 6. The zero-order chi connectivity index (χ0) is 72.2. The third kappa shape index (κ3) is 25.0. The Morgan fingerprint density at radius 3 is 1.62 bits per heavy atom. The zero-order valence-corrected chi connectivity index (χ0v) is 59.9. The van der Waals surface area contributed by atoms with E-state index in [1.807, 2.05) is 134 Å². The maximum absolute atomic E-state index is 12.7. The smallest absolute Gasteiger partial charge is 0.407 e. The third-order valence-electron chi connectivity index (χ3n) is 19.5. The van der Waals surface area contributed by atoms with Crippen LogP contribution in [0.1, 0.15) is 185 Å². The molecule has 0 radical (unpaired) electrons. The number of fused-ring (bicyclic) bond motifs is 3. The van der Waals surface area contributed by atoms with Crippen LogP contribution in [0.5, 0.6) is 0 Å². The molecule has 2 amide bonds. The molecule has 8 aromatic rings. The summed E-state index contributed by atoms with van der Waals surface area (Å²) >= 11 is 0. The summed E-state index contributed by atoms with van der Waals surface area (Å²) in [6.45, 7) is 3.16. The Morgan fingerprint density at radius 1 is 0.467 bits per heavy atom. The maximum atomic E-state index is 12.7. The van der Waals surface area contributed by atoms with Crippen LogP contribution < -0.4 is 33.6 Å². The highest BCUT2D eigenvalue weighted by molar-refractivity contribution is 6.15. The summed E-state index contributed by atoms with van der Waals surface area (Å²) in [7, 11) is 0. The minimum atomic E-state index is -0.381. The van der Waals surface area contributed by atoms with Gasteiger partial charge in [0.05, 0.1) is 23.3 Å². The highest BCUT2D eigenvalue weighted by Crippen LogP contribution is 2.36. The summed E-state index contributed by atoms with van der Waals surface area (Å²) in [5, 5.41) is 46.8. The highest BCUT2D eigenvalue weighted by atomic mass is 16.6. The molecule has 1 saturated carbocycles. The number of carbonyl (C=O) groups excluding carboxylic acids is 2. The summed E-state index contributed by atoms with van der Waals surface area (Å²) in [5.41, 5.74) is 40.5. The van der Waals surface area contributed by atoms with Gasteiger partial charge in [0, 0.05) is 86.1 Å². The zero-order valence-electron chi connectivity index (χ0n) is 59.9. The largest absolute Gasteiger partial charge is 0.446 e. The maximum Gasteiger partial charge on any atom is 0.407 e. The predicted octanol–water partition coefficient (Wildman–Crippen LogP) is 16.0. The molecule has 6 aliphatic rings. The molecule has 20 heteroatoms. The molecule has 5 atom stereocenters. The molecule has 1 fully saturated rings. The van der Waals surface area contributed by atoms with E-state index in [-0.39, 0.29) is 43.7 Å². The number of allylic oxidation sites excluding steroid dienone is 3. The molecule has 10 N–H and O–H groups in total. The number of nitrogens with zero attached hydrogens (tertiary/aromatic N) is 10. The van der Waals surface area contributed by atoms with Crippen LogP contribution >= 0.6 is 0 Å². The van der Waals surface area contributed by atoms with Gasteiger partial charge < -0.3 is 43.0 Å². The molecule has 4 heterocycles. The number of hydrogen-bond acceptors (Lipinski definition) is 18. The number of carbonyl (C=O) groups is 2. The van der Waals surface area contributed by atoms with E-state index < -0.39 is 0 Å². The molecule has 105 heavy (non-hydrogen) atoms. The van der Waals surface area contributed by atoms with Crippen LogP contribution in [0.4, 0.5) is 9.59 Å². The monoisotopic (exact) mass is 1410 g/mol. The van der Waals surface area contributed by atoms with Crippen molar-refractivity contribution in [1.82, 2.24) is 41.2 Å². The summed E-state index contributed by atoms with van der Waals surface area (Å²) in [4.78, 5) is 24.4. The fourth-order valence-electron chi connectivity index (χ4n) is 13.6. The standard InChI is InChI=1S/C25H30N4O2.2C17H21N3.C16H21NO2.C9H9N5.CH4/c26-15-18-11-13-20(14-12-18)24-23-21(17-28-29-24)9-5-2-6-10-22(23)31-25(30)27-16-19-7-3-1-4-8-19;2*18-11-13-7-9-14(10-8-13)17-16-6-4-2-1-3-5-15(16)12-19-20-17;18-16(17-13-14-9-5-4-6-10-14)19-15-11-7-2-1-3-8-12-15;10-5-7-1-3-8(4-2-7)9-13-11-6-12-14-9;/h1,3-4,7-8,11-14,17,21-23H,2,5-6,9-10,15-16,26H2,(H,27,30);7-10,12H,1-6,11,18H2;6-10,12,15H,1-5,11,18H2;4-7,9-11,15H,1-3,8,12-13H2,(H,17,18);1-4,6H,5,10H2;1H4/b;;;11-7+;;. The molecule has 20 nitrogen and oxygen atoms in total. The Bertz CT molecular complexity index is 4080. The van der Waals surface area contributed by atoms with E-state index in [9.17, 15) is 9.59 Å². The Kier molecular flexibility index (Phi) is 33.0. The predicted molar refractivity (Wildman–Crippen MR) is 422 cm³/mol. The minimum Gasteiger partial charge on any atom is -0.446 e. The second kappa shape index (κ2) is 43.9. The lowest BCUT2D eigenvalue weighted by molar-refractivity contribution is 0.0582. The van der Waals surface area contributed by atoms with Gasteiger partial charge in [0.15, 0.2) is 6.33 Å². The van der Waals surface area contributed by atoms with Crippen LogP contribution in [-0.2, 0) is 61.6 Å². The second-order valence-corrected chi connectivity index (χ2v) is 26.9. The van der Waals surface area contributed by atoms with E-state index in [2.05, 4.69) is 122 Å². The number of hydrogen-bond donors (Lipinski definition) is 6. The highest BCUT2D eigenvalue weighted by Gasteiger charge is 2.39. The van der Waals surface area contributed by atoms with Crippen molar-refractivity contribution >= 4 is 36.0 Å². The molecule has 6 aromatic carbocycles. The molecule has 2 aromatic heterocycles. The first-order valence-electron chi connectivity index (χ1n) is 37.3. The fourth-order valence-corrected chi connectivity index (χ4v) is 13.6. The normalized spacial score (nSPS) is 19.1. The molecule has 0 spiro atoms. The Hall–Kier alpha value is -10.1. The number of ether oxygens (including phenoxy) is 2. The Labute approximate surface area is 620 Å². The first-order valence-corrected chi connectivity index (χ1v) is 37.3. The van der Waals surface area contributed by atoms with Crippen molar-refractivity contribution < 1.29 is 19.1 Å². The van der Waals surface area contributed by atoms with E-state index in [1.54, 1.807) is 0 Å². The van der Waals surface area contributed by atoms with Crippen LogP contribution in [0.25, 0.3) is 22.6 Å². The van der Waals surface area contributed by atoms with E-state index in [0.717, 1.165) is 143 Å². The van der Waals surface area contributed by atoms with Crippen molar-refractivity contribution in [2.24, 2.45) is 61.1 Å². The molecular weight excluding hydrogens is 1310 g/mol. The van der Waals surface area contributed by atoms with E-state index in [1.165, 1.54) is 87.2 Å². The molecule has 4 aliphatic carbocycles. The third-order valence-corrected chi connectivity index (χ3v) is 19.5. The molecule has 14 rings (SSSR count). The second-order valence-electron chi connectivity index (χ2n) is 26.9. The number of aryl methyl sites for hydroxylation is 1. The van der Waals surface area contributed by atoms with Gasteiger partial charge in [-0.2, -0.15) is 30.6 Å².